The van der Waals surface area contributed by atoms with Crippen LogP contribution in [0.5, 0.6) is 0 Å². The van der Waals surface area contributed by atoms with E-state index >= 15 is 0 Å². The van der Waals surface area contributed by atoms with Crippen LogP contribution in [0.2, 0.25) is 0 Å². The van der Waals surface area contributed by atoms with E-state index in [-0.39, 0.29) is 30.7 Å². The van der Waals surface area contributed by atoms with E-state index in [4.69, 9.17) is 4.74 Å². The number of aromatic nitrogens is 1. The van der Waals surface area contributed by atoms with Gasteiger partial charge >= 0.3 is 0 Å². The zero-order valence-electron chi connectivity index (χ0n) is 25.9. The number of β-amino-alcohol motifs (C(OH)–C–C–N with tert-alkyl or cyclic N) is 1. The molecule has 3 atom stereocenters. The SMILES string of the molecule is Cc1ncsc1-c1ccc(CNC(=O)[C@@H]2C[C@@H](O)CN2C(=O)C(NC(=O)CCCCCOCCCCBr)C(C)(C)C)cc1. The number of carbonyl (C=O) groups is 3. The lowest BCUT2D eigenvalue weighted by molar-refractivity contribution is -0.144. The summed E-state index contributed by atoms with van der Waals surface area (Å²) >= 11 is 5.00. The Bertz CT molecular complexity index is 1180. The van der Waals surface area contributed by atoms with Gasteiger partial charge < -0.3 is 25.4 Å². The van der Waals surface area contributed by atoms with Gasteiger partial charge in [-0.25, -0.2) is 4.98 Å². The summed E-state index contributed by atoms with van der Waals surface area (Å²) in [4.78, 5) is 46.7. The molecule has 11 heteroatoms. The zero-order valence-corrected chi connectivity index (χ0v) is 28.3. The maximum Gasteiger partial charge on any atom is 0.246 e. The van der Waals surface area contributed by atoms with Crippen molar-refractivity contribution in [2.45, 2.75) is 97.4 Å². The predicted molar refractivity (Wildman–Crippen MR) is 174 cm³/mol. The maximum absolute atomic E-state index is 13.8. The summed E-state index contributed by atoms with van der Waals surface area (Å²) in [5, 5.41) is 17.3. The van der Waals surface area contributed by atoms with Crippen molar-refractivity contribution in [1.29, 1.82) is 0 Å². The van der Waals surface area contributed by atoms with E-state index in [1.165, 1.54) is 4.90 Å². The topological polar surface area (TPSA) is 121 Å². The minimum Gasteiger partial charge on any atom is -0.391 e. The van der Waals surface area contributed by atoms with Gasteiger partial charge in [0.1, 0.15) is 12.1 Å². The number of nitrogens with one attached hydrogen (secondary N) is 2. The number of hydrogen-bond acceptors (Lipinski definition) is 7. The second kappa shape index (κ2) is 17.2. The fourth-order valence-corrected chi connectivity index (χ4v) is 6.29. The molecule has 1 saturated heterocycles. The average molecular weight is 680 g/mol. The minimum absolute atomic E-state index is 0.0535. The summed E-state index contributed by atoms with van der Waals surface area (Å²) < 4.78 is 5.62. The first kappa shape index (κ1) is 35.1. The molecule has 1 fully saturated rings. The smallest absolute Gasteiger partial charge is 0.246 e. The van der Waals surface area contributed by atoms with E-state index in [2.05, 4.69) is 31.5 Å². The van der Waals surface area contributed by atoms with E-state index in [9.17, 15) is 19.5 Å². The van der Waals surface area contributed by atoms with Crippen LogP contribution in [0.25, 0.3) is 10.4 Å². The van der Waals surface area contributed by atoms with Crippen LogP contribution >= 0.6 is 27.3 Å². The number of aliphatic hydroxyl groups excluding tert-OH is 1. The average Bonchev–Trinajstić information content (AvgIpc) is 3.58. The molecule has 3 rings (SSSR count). The van der Waals surface area contributed by atoms with Gasteiger partial charge in [0, 0.05) is 44.5 Å². The number of thiazole rings is 1. The van der Waals surface area contributed by atoms with E-state index in [0.29, 0.717) is 26.0 Å². The summed E-state index contributed by atoms with van der Waals surface area (Å²) in [5.74, 6) is -0.858. The molecule has 3 N–H and O–H groups in total. The maximum atomic E-state index is 13.8. The van der Waals surface area contributed by atoms with Crippen LogP contribution in [-0.4, -0.2) is 76.0 Å². The van der Waals surface area contributed by atoms with Gasteiger partial charge in [0.2, 0.25) is 17.7 Å². The molecule has 0 spiro atoms. The number of nitrogens with zero attached hydrogens (tertiary/aromatic N) is 2. The third-order valence-corrected chi connectivity index (χ3v) is 9.11. The van der Waals surface area contributed by atoms with E-state index in [0.717, 1.165) is 59.3 Å². The largest absolute Gasteiger partial charge is 0.391 e. The molecule has 2 aromatic rings. The number of hydrogen-bond donors (Lipinski definition) is 3. The molecule has 1 aliphatic rings. The van der Waals surface area contributed by atoms with Gasteiger partial charge in [-0.15, -0.1) is 11.3 Å². The van der Waals surface area contributed by atoms with E-state index in [1.54, 1.807) is 11.3 Å². The second-order valence-electron chi connectivity index (χ2n) is 12.3. The number of carbonyl (C=O) groups excluding carboxylic acids is 3. The number of unbranched alkanes of at least 4 members (excludes halogenated alkanes) is 3. The van der Waals surface area contributed by atoms with Gasteiger partial charge in [-0.1, -0.05) is 67.4 Å². The Morgan fingerprint density at radius 3 is 2.44 bits per heavy atom. The summed E-state index contributed by atoms with van der Waals surface area (Å²) in [6.07, 6.45) is 4.27. The summed E-state index contributed by atoms with van der Waals surface area (Å²) in [6, 6.07) is 6.32. The molecule has 9 nitrogen and oxygen atoms in total. The number of alkyl halides is 1. The first-order valence-electron chi connectivity index (χ1n) is 15.2. The summed E-state index contributed by atoms with van der Waals surface area (Å²) in [7, 11) is 0. The first-order valence-corrected chi connectivity index (χ1v) is 17.2. The second-order valence-corrected chi connectivity index (χ2v) is 13.9. The Labute approximate surface area is 268 Å². The standard InChI is InChI=1S/C32H47BrN4O5S/c1-22-28(43-21-35-22)24-13-11-23(12-14-24)19-34-30(40)26-18-25(38)20-37(26)31(41)29(32(2,3)4)36-27(39)10-6-5-8-16-42-17-9-7-15-33/h11-14,21,25-26,29,38H,5-10,15-20H2,1-4H3,(H,34,40)(H,36,39)/t25-,26+,29?/m1/s1. The Hall–Kier alpha value is -2.34. The Morgan fingerprint density at radius 1 is 1.12 bits per heavy atom. The number of rotatable bonds is 16. The van der Waals surface area contributed by atoms with Crippen LogP contribution in [0.4, 0.5) is 0 Å². The lowest BCUT2D eigenvalue weighted by Crippen LogP contribution is -2.57. The van der Waals surface area contributed by atoms with Crippen LogP contribution in [0.3, 0.4) is 0 Å². The Kier molecular flexibility index (Phi) is 14.1. The van der Waals surface area contributed by atoms with Crippen molar-refractivity contribution in [2.75, 3.05) is 25.1 Å². The van der Waals surface area contributed by atoms with E-state index < -0.39 is 23.6 Å². The monoisotopic (exact) mass is 678 g/mol. The fourth-order valence-electron chi connectivity index (χ4n) is 5.08. The number of likely N-dealkylation sites (tertiary alicyclic amines) is 1. The lowest BCUT2D eigenvalue weighted by atomic mass is 9.85. The van der Waals surface area contributed by atoms with Crippen LogP contribution in [-0.2, 0) is 25.7 Å². The van der Waals surface area contributed by atoms with Crippen molar-refractivity contribution in [1.82, 2.24) is 20.5 Å². The molecule has 1 aliphatic heterocycles. The van der Waals surface area contributed by atoms with Crippen molar-refractivity contribution in [2.24, 2.45) is 5.41 Å². The Morgan fingerprint density at radius 2 is 1.81 bits per heavy atom. The molecule has 1 aromatic heterocycles. The fraction of sp³-hybridized carbons (Fsp3) is 0.625. The number of aryl methyl sites for hydroxylation is 1. The summed E-state index contributed by atoms with van der Waals surface area (Å²) in [5.41, 5.74) is 4.23. The van der Waals surface area contributed by atoms with Crippen LogP contribution in [0, 0.1) is 12.3 Å². The van der Waals surface area contributed by atoms with Gasteiger partial charge in [0.15, 0.2) is 0 Å². The van der Waals surface area contributed by atoms with Crippen LogP contribution in [0.15, 0.2) is 29.8 Å². The number of ether oxygens (including phenoxy) is 1. The van der Waals surface area contributed by atoms with Gasteiger partial charge in [0.05, 0.1) is 22.2 Å². The van der Waals surface area contributed by atoms with Crippen molar-refractivity contribution in [3.05, 3.63) is 41.0 Å². The lowest BCUT2D eigenvalue weighted by Gasteiger charge is -2.35. The highest BCUT2D eigenvalue weighted by Gasteiger charge is 2.44. The molecule has 0 bridgehead atoms. The van der Waals surface area contributed by atoms with Crippen molar-refractivity contribution < 1.29 is 24.2 Å². The molecule has 3 amide bonds. The van der Waals surface area contributed by atoms with Gasteiger partial charge in [-0.3, -0.25) is 14.4 Å². The molecule has 1 aromatic carbocycles. The zero-order chi connectivity index (χ0) is 31.4. The number of aliphatic hydroxyl groups is 1. The van der Waals surface area contributed by atoms with Crippen molar-refractivity contribution >= 4 is 45.0 Å². The first-order chi connectivity index (χ1) is 20.5. The van der Waals surface area contributed by atoms with Crippen LogP contribution in [0.1, 0.15) is 77.0 Å². The molecular weight excluding hydrogens is 632 g/mol. The van der Waals surface area contributed by atoms with Crippen molar-refractivity contribution in [3.63, 3.8) is 0 Å². The normalized spacial score (nSPS) is 17.6. The highest BCUT2D eigenvalue weighted by Crippen LogP contribution is 2.28. The van der Waals surface area contributed by atoms with Gasteiger partial charge in [-0.05, 0) is 49.1 Å². The third kappa shape index (κ3) is 11.0. The molecule has 0 radical (unpaired) electrons. The van der Waals surface area contributed by atoms with E-state index in [1.807, 2.05) is 57.5 Å². The predicted octanol–water partition coefficient (Wildman–Crippen LogP) is 4.98. The molecule has 2 heterocycles. The molecule has 0 aliphatic carbocycles. The molecule has 1 unspecified atom stereocenters. The number of benzene rings is 1. The highest BCUT2D eigenvalue weighted by atomic mass is 79.9. The highest BCUT2D eigenvalue weighted by molar-refractivity contribution is 9.09. The number of halogens is 1. The molecular formula is C32H47BrN4O5S. The van der Waals surface area contributed by atoms with Gasteiger partial charge in [0.25, 0.3) is 0 Å². The molecule has 43 heavy (non-hydrogen) atoms. The Balaban J connectivity index is 1.52. The summed E-state index contributed by atoms with van der Waals surface area (Å²) in [6.45, 7) is 9.45. The quantitative estimate of drug-likeness (QED) is 0.170. The third-order valence-electron chi connectivity index (χ3n) is 7.58. The minimum atomic E-state index is -0.818. The number of amides is 3. The van der Waals surface area contributed by atoms with Crippen LogP contribution < -0.4 is 10.6 Å². The van der Waals surface area contributed by atoms with Gasteiger partial charge in [-0.2, -0.15) is 0 Å². The molecule has 0 saturated carbocycles. The van der Waals surface area contributed by atoms with Crippen molar-refractivity contribution in [3.8, 4) is 10.4 Å². The molecule has 238 valence electrons.